The summed E-state index contributed by atoms with van der Waals surface area (Å²) in [5, 5.41) is 23.4. The number of aryl methyl sites for hydroxylation is 1. The van der Waals surface area contributed by atoms with Gasteiger partial charge in [-0.15, -0.1) is 0 Å². The van der Waals surface area contributed by atoms with E-state index in [9.17, 15) is 15.0 Å². The molecule has 2 rings (SSSR count). The summed E-state index contributed by atoms with van der Waals surface area (Å²) in [5.41, 5.74) is 1.34. The Labute approximate surface area is 116 Å². The molecular weight excluding hydrogens is 260 g/mol. The van der Waals surface area contributed by atoms with Crippen molar-refractivity contribution >= 4 is 22.7 Å². The average molecular weight is 278 g/mol. The smallest absolute Gasteiger partial charge is 0.339 e. The van der Waals surface area contributed by atoms with Crippen molar-refractivity contribution in [1.82, 2.24) is 14.8 Å². The molecule has 0 aromatic carbocycles. The second-order valence-electron chi connectivity index (χ2n) is 4.54. The van der Waals surface area contributed by atoms with Crippen LogP contribution in [0, 0.1) is 0 Å². The van der Waals surface area contributed by atoms with Gasteiger partial charge in [0.1, 0.15) is 5.56 Å². The molecule has 0 unspecified atom stereocenters. The molecule has 7 nitrogen and oxygen atoms in total. The number of hydrogen-bond acceptors (Lipinski definition) is 5. The monoisotopic (exact) mass is 278 g/mol. The van der Waals surface area contributed by atoms with E-state index in [4.69, 9.17) is 0 Å². The summed E-state index contributed by atoms with van der Waals surface area (Å²) in [6.45, 7) is 3.01. The summed E-state index contributed by atoms with van der Waals surface area (Å²) in [7, 11) is 1.76. The molecule has 20 heavy (non-hydrogen) atoms. The topological polar surface area (TPSA) is 91.5 Å². The summed E-state index contributed by atoms with van der Waals surface area (Å²) in [6.07, 6.45) is 3.81. The number of rotatable bonds is 6. The third kappa shape index (κ3) is 2.44. The molecule has 0 aliphatic heterocycles. The predicted octanol–water partition coefficient (Wildman–Crippen LogP) is 0.875. The minimum absolute atomic E-state index is 0.0386. The second kappa shape index (κ2) is 5.87. The Hall–Kier alpha value is -2.15. The first-order chi connectivity index (χ1) is 9.60. The van der Waals surface area contributed by atoms with E-state index < -0.39 is 5.97 Å². The summed E-state index contributed by atoms with van der Waals surface area (Å²) in [6, 6.07) is 0. The van der Waals surface area contributed by atoms with Crippen molar-refractivity contribution in [2.45, 2.75) is 13.3 Å². The molecule has 2 N–H and O–H groups in total. The average Bonchev–Trinajstić information content (AvgIpc) is 2.79. The molecule has 2 aromatic rings. The lowest BCUT2D eigenvalue weighted by Crippen LogP contribution is -2.29. The molecule has 0 saturated heterocycles. The number of anilines is 1. The maximum atomic E-state index is 11.4. The van der Waals surface area contributed by atoms with E-state index in [2.05, 4.69) is 10.1 Å². The fourth-order valence-corrected chi connectivity index (χ4v) is 2.31. The van der Waals surface area contributed by atoms with Crippen molar-refractivity contribution in [3.63, 3.8) is 0 Å². The highest BCUT2D eigenvalue weighted by molar-refractivity contribution is 6.03. The van der Waals surface area contributed by atoms with Gasteiger partial charge in [0.25, 0.3) is 0 Å². The van der Waals surface area contributed by atoms with E-state index in [0.29, 0.717) is 29.8 Å². The van der Waals surface area contributed by atoms with E-state index in [1.54, 1.807) is 17.9 Å². The molecule has 0 spiro atoms. The van der Waals surface area contributed by atoms with Gasteiger partial charge in [0, 0.05) is 26.3 Å². The van der Waals surface area contributed by atoms with Crippen LogP contribution in [0.3, 0.4) is 0 Å². The van der Waals surface area contributed by atoms with Gasteiger partial charge in [0.2, 0.25) is 0 Å². The summed E-state index contributed by atoms with van der Waals surface area (Å²) in [4.78, 5) is 17.5. The number of pyridine rings is 1. The number of carboxylic acid groups (broad SMARTS) is 1. The Morgan fingerprint density at radius 2 is 2.15 bits per heavy atom. The lowest BCUT2D eigenvalue weighted by molar-refractivity contribution is 0.0697. The van der Waals surface area contributed by atoms with Crippen molar-refractivity contribution in [1.29, 1.82) is 0 Å². The van der Waals surface area contributed by atoms with E-state index in [1.807, 2.05) is 11.8 Å². The standard InChI is InChI=1S/C13H18N4O3/c1-3-4-17(5-6-18)11-9-8-15-16(2)12(9)14-7-10(11)13(19)20/h7-8,18H,3-6H2,1-2H3,(H,19,20). The van der Waals surface area contributed by atoms with Crippen molar-refractivity contribution in [2.24, 2.45) is 7.05 Å². The zero-order chi connectivity index (χ0) is 14.7. The molecule has 7 heteroatoms. The maximum absolute atomic E-state index is 11.4. The third-order valence-electron chi connectivity index (χ3n) is 3.14. The molecule has 0 bridgehead atoms. The quantitative estimate of drug-likeness (QED) is 0.815. The summed E-state index contributed by atoms with van der Waals surface area (Å²) >= 11 is 0. The molecule has 0 saturated carbocycles. The third-order valence-corrected chi connectivity index (χ3v) is 3.14. The molecule has 2 heterocycles. The highest BCUT2D eigenvalue weighted by Gasteiger charge is 2.21. The lowest BCUT2D eigenvalue weighted by Gasteiger charge is -2.25. The number of aliphatic hydroxyl groups excluding tert-OH is 1. The number of aromatic nitrogens is 3. The van der Waals surface area contributed by atoms with Crippen molar-refractivity contribution < 1.29 is 15.0 Å². The summed E-state index contributed by atoms with van der Waals surface area (Å²) < 4.78 is 1.60. The molecule has 0 aliphatic carbocycles. The van der Waals surface area contributed by atoms with Crippen molar-refractivity contribution in [3.8, 4) is 0 Å². The van der Waals surface area contributed by atoms with Gasteiger partial charge >= 0.3 is 5.97 Å². The maximum Gasteiger partial charge on any atom is 0.339 e. The molecule has 0 atom stereocenters. The molecule has 0 fully saturated rings. The van der Waals surface area contributed by atoms with Crippen LogP contribution < -0.4 is 4.90 Å². The Kier molecular flexibility index (Phi) is 4.19. The first-order valence-corrected chi connectivity index (χ1v) is 6.50. The van der Waals surface area contributed by atoms with Gasteiger partial charge in [-0.2, -0.15) is 5.10 Å². The van der Waals surface area contributed by atoms with Gasteiger partial charge in [-0.25, -0.2) is 9.78 Å². The van der Waals surface area contributed by atoms with E-state index >= 15 is 0 Å². The number of carboxylic acids is 1. The highest BCUT2D eigenvalue weighted by atomic mass is 16.4. The first kappa shape index (κ1) is 14.3. The zero-order valence-corrected chi connectivity index (χ0v) is 11.6. The Balaban J connectivity index is 2.67. The minimum atomic E-state index is -1.03. The number of carbonyl (C=O) groups is 1. The number of nitrogens with zero attached hydrogens (tertiary/aromatic N) is 4. The Morgan fingerprint density at radius 1 is 1.40 bits per heavy atom. The largest absolute Gasteiger partial charge is 0.478 e. The van der Waals surface area contributed by atoms with Crippen LogP contribution in [-0.2, 0) is 7.05 Å². The van der Waals surface area contributed by atoms with Crippen LogP contribution in [-0.4, -0.2) is 50.6 Å². The Morgan fingerprint density at radius 3 is 2.75 bits per heavy atom. The van der Waals surface area contributed by atoms with Crippen molar-refractivity contribution in [2.75, 3.05) is 24.6 Å². The zero-order valence-electron chi connectivity index (χ0n) is 11.6. The number of fused-ring (bicyclic) bond motifs is 1. The normalized spacial score (nSPS) is 10.9. The van der Waals surface area contributed by atoms with Gasteiger partial charge in [-0.1, -0.05) is 6.92 Å². The highest BCUT2D eigenvalue weighted by Crippen LogP contribution is 2.29. The lowest BCUT2D eigenvalue weighted by atomic mass is 10.1. The van der Waals surface area contributed by atoms with Crippen molar-refractivity contribution in [3.05, 3.63) is 18.0 Å². The Bertz CT molecular complexity index is 617. The first-order valence-electron chi connectivity index (χ1n) is 6.50. The van der Waals surface area contributed by atoms with Crippen LogP contribution in [0.4, 0.5) is 5.69 Å². The van der Waals surface area contributed by atoms with Gasteiger partial charge in [-0.05, 0) is 6.42 Å². The predicted molar refractivity (Wildman–Crippen MR) is 75.1 cm³/mol. The van der Waals surface area contributed by atoms with E-state index in [0.717, 1.165) is 6.42 Å². The van der Waals surface area contributed by atoms with Gasteiger partial charge in [-0.3, -0.25) is 4.68 Å². The van der Waals surface area contributed by atoms with Crippen LogP contribution in [0.15, 0.2) is 12.4 Å². The van der Waals surface area contributed by atoms with Crippen LogP contribution in [0.1, 0.15) is 23.7 Å². The van der Waals surface area contributed by atoms with E-state index in [-0.39, 0.29) is 12.2 Å². The summed E-state index contributed by atoms with van der Waals surface area (Å²) in [5.74, 6) is -1.03. The fraction of sp³-hybridized carbons (Fsp3) is 0.462. The van der Waals surface area contributed by atoms with Gasteiger partial charge in [0.15, 0.2) is 5.65 Å². The molecular formula is C13H18N4O3. The van der Waals surface area contributed by atoms with Crippen LogP contribution in [0.2, 0.25) is 0 Å². The minimum Gasteiger partial charge on any atom is -0.478 e. The van der Waals surface area contributed by atoms with E-state index in [1.165, 1.54) is 6.20 Å². The molecule has 2 aromatic heterocycles. The van der Waals surface area contributed by atoms with Crippen LogP contribution >= 0.6 is 0 Å². The SMILES string of the molecule is CCCN(CCO)c1c(C(=O)O)cnc2c1cnn2C. The number of aliphatic hydroxyl groups is 1. The number of aromatic carboxylic acids is 1. The molecule has 108 valence electrons. The second-order valence-corrected chi connectivity index (χ2v) is 4.54. The van der Waals surface area contributed by atoms with Crippen LogP contribution in [0.5, 0.6) is 0 Å². The van der Waals surface area contributed by atoms with Crippen LogP contribution in [0.25, 0.3) is 11.0 Å². The number of hydrogen-bond donors (Lipinski definition) is 2. The molecule has 0 radical (unpaired) electrons. The fourth-order valence-electron chi connectivity index (χ4n) is 2.31. The molecule has 0 amide bonds. The van der Waals surface area contributed by atoms with Gasteiger partial charge in [0.05, 0.1) is 23.9 Å². The van der Waals surface area contributed by atoms with Gasteiger partial charge < -0.3 is 15.1 Å². The molecule has 0 aliphatic rings.